The predicted octanol–water partition coefficient (Wildman–Crippen LogP) is 4.87. The first-order chi connectivity index (χ1) is 14.5. The highest BCUT2D eigenvalue weighted by molar-refractivity contribution is 6.17. The van der Waals surface area contributed by atoms with Crippen LogP contribution >= 0.6 is 0 Å². The van der Waals surface area contributed by atoms with Gasteiger partial charge in [-0.15, -0.1) is 0 Å². The number of carbonyl (C=O) groups excluding carboxylic acids is 2. The van der Waals surface area contributed by atoms with Gasteiger partial charge in [0.25, 0.3) is 5.91 Å². The highest BCUT2D eigenvalue weighted by Crippen LogP contribution is 2.31. The van der Waals surface area contributed by atoms with Crippen molar-refractivity contribution in [1.29, 1.82) is 0 Å². The van der Waals surface area contributed by atoms with Gasteiger partial charge < -0.3 is 10.1 Å². The average molecular weight is 421 g/mol. The molecule has 0 saturated heterocycles. The van der Waals surface area contributed by atoms with E-state index < -0.39 is 0 Å². The summed E-state index contributed by atoms with van der Waals surface area (Å²) < 4.78 is 5.37. The first-order valence-corrected chi connectivity index (χ1v) is 10.6. The van der Waals surface area contributed by atoms with Crippen molar-refractivity contribution in [3.63, 3.8) is 0 Å². The molecular formula is C26H32N2O3. The Kier molecular flexibility index (Phi) is 6.35. The molecule has 0 atom stereocenters. The topological polar surface area (TPSA) is 67.8 Å². The molecule has 31 heavy (non-hydrogen) atoms. The van der Waals surface area contributed by atoms with Crippen LogP contribution in [0, 0.1) is 5.41 Å². The second-order valence-corrected chi connectivity index (χ2v) is 9.99. The Hall–Kier alpha value is -2.95. The number of amides is 1. The van der Waals surface area contributed by atoms with Crippen LogP contribution in [0.5, 0.6) is 5.75 Å². The van der Waals surface area contributed by atoms with Crippen molar-refractivity contribution < 1.29 is 14.3 Å². The number of fused-ring (bicyclic) bond motifs is 1. The first-order valence-electron chi connectivity index (χ1n) is 10.6. The van der Waals surface area contributed by atoms with E-state index in [1.807, 2.05) is 12.1 Å². The number of methoxy groups -OCH3 is 1. The van der Waals surface area contributed by atoms with Crippen molar-refractivity contribution in [3.8, 4) is 5.75 Å². The Morgan fingerprint density at radius 3 is 2.48 bits per heavy atom. The van der Waals surface area contributed by atoms with Crippen LogP contribution < -0.4 is 10.1 Å². The van der Waals surface area contributed by atoms with Crippen molar-refractivity contribution in [3.05, 3.63) is 64.7 Å². The van der Waals surface area contributed by atoms with Gasteiger partial charge in [-0.2, -0.15) is 0 Å². The molecule has 0 unspecified atom stereocenters. The van der Waals surface area contributed by atoms with Gasteiger partial charge in [0.05, 0.1) is 24.8 Å². The predicted molar refractivity (Wildman–Crippen MR) is 124 cm³/mol. The van der Waals surface area contributed by atoms with Crippen LogP contribution in [0.2, 0.25) is 0 Å². The molecule has 1 aliphatic heterocycles. The largest absolute Gasteiger partial charge is 0.497 e. The fourth-order valence-electron chi connectivity index (χ4n) is 3.71. The van der Waals surface area contributed by atoms with E-state index >= 15 is 0 Å². The van der Waals surface area contributed by atoms with E-state index in [0.717, 1.165) is 23.4 Å². The molecule has 5 heteroatoms. The molecule has 2 aromatic carbocycles. The summed E-state index contributed by atoms with van der Waals surface area (Å²) in [7, 11) is 1.63. The van der Waals surface area contributed by atoms with Crippen LogP contribution in [-0.2, 0) is 6.42 Å². The number of ether oxygens (including phenoxy) is 1. The lowest BCUT2D eigenvalue weighted by atomic mass is 9.85. The van der Waals surface area contributed by atoms with Gasteiger partial charge in [0.2, 0.25) is 0 Å². The number of nitrogens with one attached hydrogen (secondary N) is 1. The molecule has 0 fully saturated rings. The van der Waals surface area contributed by atoms with Crippen molar-refractivity contribution in [2.24, 2.45) is 10.4 Å². The van der Waals surface area contributed by atoms with E-state index in [9.17, 15) is 9.59 Å². The molecule has 0 aromatic heterocycles. The third-order valence-corrected chi connectivity index (χ3v) is 5.24. The van der Waals surface area contributed by atoms with Crippen molar-refractivity contribution in [2.75, 3.05) is 13.7 Å². The first kappa shape index (κ1) is 22.7. The second-order valence-electron chi connectivity index (χ2n) is 9.99. The van der Waals surface area contributed by atoms with E-state index in [2.05, 4.69) is 46.0 Å². The van der Waals surface area contributed by atoms with Crippen LogP contribution in [0.1, 0.15) is 72.9 Å². The van der Waals surface area contributed by atoms with Crippen LogP contribution in [-0.4, -0.2) is 36.6 Å². The summed E-state index contributed by atoms with van der Waals surface area (Å²) in [6.07, 6.45) is 0.990. The van der Waals surface area contributed by atoms with Crippen molar-refractivity contribution in [1.82, 2.24) is 5.32 Å². The number of hydrogen-bond donors (Lipinski definition) is 1. The van der Waals surface area contributed by atoms with Gasteiger partial charge in [0.1, 0.15) is 5.75 Å². The minimum Gasteiger partial charge on any atom is -0.497 e. The summed E-state index contributed by atoms with van der Waals surface area (Å²) in [4.78, 5) is 30.5. The third kappa shape index (κ3) is 5.81. The maximum absolute atomic E-state index is 13.1. The number of carbonyl (C=O) groups is 2. The molecular weight excluding hydrogens is 388 g/mol. The SMILES string of the molecule is COc1ccc2c(c1)C(CC(=O)c1cccc(C(=O)NCC(C)(C)C)c1)=NC(C)(C)C2. The normalized spacial score (nSPS) is 15.0. The molecule has 1 amide bonds. The van der Waals surface area contributed by atoms with Gasteiger partial charge in [0, 0.05) is 23.2 Å². The Bertz CT molecular complexity index is 1030. The third-order valence-electron chi connectivity index (χ3n) is 5.24. The van der Waals surface area contributed by atoms with Gasteiger partial charge in [-0.1, -0.05) is 39.0 Å². The molecule has 1 N–H and O–H groups in total. The fraction of sp³-hybridized carbons (Fsp3) is 0.423. The van der Waals surface area contributed by atoms with Crippen LogP contribution in [0.15, 0.2) is 47.5 Å². The molecule has 0 saturated carbocycles. The lowest BCUT2D eigenvalue weighted by Gasteiger charge is -2.29. The van der Waals surface area contributed by atoms with E-state index in [4.69, 9.17) is 9.73 Å². The molecule has 2 aromatic rings. The van der Waals surface area contributed by atoms with Gasteiger partial charge in [0.15, 0.2) is 5.78 Å². The zero-order valence-corrected chi connectivity index (χ0v) is 19.3. The Balaban J connectivity index is 1.83. The highest BCUT2D eigenvalue weighted by Gasteiger charge is 2.28. The lowest BCUT2D eigenvalue weighted by Crippen LogP contribution is -2.32. The fourth-order valence-corrected chi connectivity index (χ4v) is 3.71. The minimum absolute atomic E-state index is 0.0104. The smallest absolute Gasteiger partial charge is 0.251 e. The molecule has 0 radical (unpaired) electrons. The Morgan fingerprint density at radius 1 is 1.10 bits per heavy atom. The van der Waals surface area contributed by atoms with Gasteiger partial charge in [-0.3, -0.25) is 14.6 Å². The van der Waals surface area contributed by atoms with E-state index in [0.29, 0.717) is 17.7 Å². The van der Waals surface area contributed by atoms with Gasteiger partial charge in [-0.25, -0.2) is 0 Å². The summed E-state index contributed by atoms with van der Waals surface area (Å²) in [6, 6.07) is 12.9. The minimum atomic E-state index is -0.272. The summed E-state index contributed by atoms with van der Waals surface area (Å²) >= 11 is 0. The van der Waals surface area contributed by atoms with Crippen LogP contribution in [0.25, 0.3) is 0 Å². The monoisotopic (exact) mass is 420 g/mol. The molecule has 0 bridgehead atoms. The zero-order chi connectivity index (χ0) is 22.8. The van der Waals surface area contributed by atoms with E-state index in [-0.39, 0.29) is 29.1 Å². The number of aliphatic imine (C=N–C) groups is 1. The zero-order valence-electron chi connectivity index (χ0n) is 19.3. The van der Waals surface area contributed by atoms with Gasteiger partial charge in [-0.05, 0) is 55.5 Å². The maximum Gasteiger partial charge on any atom is 0.251 e. The summed E-state index contributed by atoms with van der Waals surface area (Å²) in [5.74, 6) is 0.516. The van der Waals surface area contributed by atoms with Gasteiger partial charge >= 0.3 is 0 Å². The number of benzene rings is 2. The number of nitrogens with zero attached hydrogens (tertiary/aromatic N) is 1. The Labute approximate surface area is 184 Å². The van der Waals surface area contributed by atoms with Crippen molar-refractivity contribution >= 4 is 17.4 Å². The quantitative estimate of drug-likeness (QED) is 0.678. The number of Topliss-reactive ketones (excluding diaryl/α,β-unsaturated/α-hetero) is 1. The van der Waals surface area contributed by atoms with Crippen LogP contribution in [0.3, 0.4) is 0 Å². The van der Waals surface area contributed by atoms with E-state index in [1.165, 1.54) is 5.56 Å². The molecule has 164 valence electrons. The number of hydrogen-bond acceptors (Lipinski definition) is 4. The molecule has 0 spiro atoms. The summed E-state index contributed by atoms with van der Waals surface area (Å²) in [6.45, 7) is 10.9. The average Bonchev–Trinajstić information content (AvgIpc) is 2.70. The molecule has 1 heterocycles. The maximum atomic E-state index is 13.1. The lowest BCUT2D eigenvalue weighted by molar-refractivity contribution is 0.0939. The van der Waals surface area contributed by atoms with Crippen molar-refractivity contribution in [2.45, 2.75) is 53.0 Å². The highest BCUT2D eigenvalue weighted by atomic mass is 16.5. The molecule has 0 aliphatic carbocycles. The second kappa shape index (κ2) is 8.66. The van der Waals surface area contributed by atoms with Crippen LogP contribution in [0.4, 0.5) is 0 Å². The molecule has 1 aliphatic rings. The number of ketones is 1. The number of rotatable bonds is 6. The summed E-state index contributed by atoms with van der Waals surface area (Å²) in [5.41, 5.74) is 3.61. The molecule has 3 rings (SSSR count). The standard InChI is InChI=1S/C26H32N2O3/c1-25(2,3)16-27-24(30)18-9-7-8-17(12-18)23(29)14-22-21-13-20(31-6)11-10-19(21)15-26(4,5)28-22/h7-13H,14-16H2,1-6H3,(H,27,30). The van der Waals surface area contributed by atoms with E-state index in [1.54, 1.807) is 31.4 Å². The summed E-state index contributed by atoms with van der Waals surface area (Å²) in [5, 5.41) is 2.94. The molecule has 5 nitrogen and oxygen atoms in total. The Morgan fingerprint density at radius 2 is 1.81 bits per heavy atom.